The monoisotopic (exact) mass is 229 g/mol. The zero-order chi connectivity index (χ0) is 12.4. The highest BCUT2D eigenvalue weighted by molar-refractivity contribution is 5.81. The largest absolute Gasteiger partial charge is 0.309 e. The molecule has 5 heteroatoms. The fraction of sp³-hybridized carbons (Fsp3) is 0.818. The van der Waals surface area contributed by atoms with Gasteiger partial charge in [-0.1, -0.05) is 13.3 Å². The molecule has 0 rings (SSSR count). The van der Waals surface area contributed by atoms with Gasteiger partial charge in [0.15, 0.2) is 0 Å². The molecule has 0 aromatic rings. The van der Waals surface area contributed by atoms with Crippen LogP contribution in [0.5, 0.6) is 0 Å². The molecule has 0 saturated carbocycles. The minimum absolute atomic E-state index is 0.122. The number of carbonyl (C=O) groups is 2. The van der Waals surface area contributed by atoms with Crippen LogP contribution in [0.1, 0.15) is 39.0 Å². The summed E-state index contributed by atoms with van der Waals surface area (Å²) in [6, 6.07) is 0. The molecule has 0 bridgehead atoms. The Kier molecular flexibility index (Phi) is 8.52. The summed E-state index contributed by atoms with van der Waals surface area (Å²) >= 11 is 0. The first-order valence-electron chi connectivity index (χ1n) is 5.78. The Morgan fingerprint density at radius 3 is 1.94 bits per heavy atom. The Balaban J connectivity index is 3.46. The first-order valence-corrected chi connectivity index (χ1v) is 5.78. The van der Waals surface area contributed by atoms with Crippen LogP contribution in [0.2, 0.25) is 0 Å². The minimum Gasteiger partial charge on any atom is -0.309 e. The number of nitrogens with one attached hydrogen (secondary N) is 2. The number of hydrogen-bond acceptors (Lipinski definition) is 3. The van der Waals surface area contributed by atoms with E-state index in [9.17, 15) is 9.59 Å². The van der Waals surface area contributed by atoms with E-state index in [1.807, 2.05) is 25.9 Å². The van der Waals surface area contributed by atoms with E-state index in [1.165, 1.54) is 0 Å². The molecule has 94 valence electrons. The molecular formula is C11H23N3O2. The van der Waals surface area contributed by atoms with Crippen LogP contribution in [0.15, 0.2) is 0 Å². The Bertz CT molecular complexity index is 217. The van der Waals surface area contributed by atoms with E-state index >= 15 is 0 Å². The highest BCUT2D eigenvalue weighted by Crippen LogP contribution is 1.93. The smallest absolute Gasteiger partial charge is 0.238 e. The van der Waals surface area contributed by atoms with E-state index < -0.39 is 0 Å². The minimum atomic E-state index is -0.133. The molecule has 0 spiro atoms. The SMILES string of the molecule is CCCCC(=O)NNC(=O)CCCN(C)C. The average Bonchev–Trinajstić information content (AvgIpc) is 2.23. The molecular weight excluding hydrogens is 206 g/mol. The maximum Gasteiger partial charge on any atom is 0.238 e. The highest BCUT2D eigenvalue weighted by atomic mass is 16.2. The van der Waals surface area contributed by atoms with Gasteiger partial charge >= 0.3 is 0 Å². The van der Waals surface area contributed by atoms with E-state index in [1.54, 1.807) is 0 Å². The maximum atomic E-state index is 11.3. The van der Waals surface area contributed by atoms with Crippen molar-refractivity contribution in [3.05, 3.63) is 0 Å². The quantitative estimate of drug-likeness (QED) is 0.631. The Morgan fingerprint density at radius 1 is 1.00 bits per heavy atom. The molecule has 2 N–H and O–H groups in total. The molecule has 0 fully saturated rings. The number of rotatable bonds is 7. The second-order valence-electron chi connectivity index (χ2n) is 4.11. The van der Waals surface area contributed by atoms with Crippen molar-refractivity contribution in [2.75, 3.05) is 20.6 Å². The van der Waals surface area contributed by atoms with Crippen molar-refractivity contribution in [3.63, 3.8) is 0 Å². The summed E-state index contributed by atoms with van der Waals surface area (Å²) in [6.07, 6.45) is 3.52. The van der Waals surface area contributed by atoms with Gasteiger partial charge in [-0.05, 0) is 33.5 Å². The van der Waals surface area contributed by atoms with Crippen molar-refractivity contribution in [2.24, 2.45) is 0 Å². The van der Waals surface area contributed by atoms with Crippen LogP contribution in [0.3, 0.4) is 0 Å². The van der Waals surface area contributed by atoms with Gasteiger partial charge in [-0.3, -0.25) is 20.4 Å². The molecule has 2 amide bonds. The molecule has 0 aliphatic carbocycles. The lowest BCUT2D eigenvalue weighted by Crippen LogP contribution is -2.41. The maximum absolute atomic E-state index is 11.3. The number of hydrogen-bond donors (Lipinski definition) is 2. The number of nitrogens with zero attached hydrogens (tertiary/aromatic N) is 1. The molecule has 0 aliphatic heterocycles. The van der Waals surface area contributed by atoms with E-state index in [-0.39, 0.29) is 11.8 Å². The van der Waals surface area contributed by atoms with Gasteiger partial charge in [-0.2, -0.15) is 0 Å². The van der Waals surface area contributed by atoms with E-state index in [2.05, 4.69) is 10.9 Å². The summed E-state index contributed by atoms with van der Waals surface area (Å²) in [5, 5.41) is 0. The van der Waals surface area contributed by atoms with Crippen LogP contribution in [0.25, 0.3) is 0 Å². The standard InChI is InChI=1S/C11H23N3O2/c1-4-5-7-10(15)12-13-11(16)8-6-9-14(2)3/h4-9H2,1-3H3,(H,12,15)(H,13,16). The Labute approximate surface area is 97.5 Å². The van der Waals surface area contributed by atoms with E-state index in [0.717, 1.165) is 25.8 Å². The Morgan fingerprint density at radius 2 is 1.50 bits per heavy atom. The molecule has 0 saturated heterocycles. The fourth-order valence-electron chi connectivity index (χ4n) is 1.16. The van der Waals surface area contributed by atoms with Gasteiger partial charge in [0.2, 0.25) is 11.8 Å². The van der Waals surface area contributed by atoms with Crippen LogP contribution < -0.4 is 10.9 Å². The van der Waals surface area contributed by atoms with Crippen molar-refractivity contribution in [2.45, 2.75) is 39.0 Å². The van der Waals surface area contributed by atoms with Crippen LogP contribution in [-0.2, 0) is 9.59 Å². The zero-order valence-corrected chi connectivity index (χ0v) is 10.5. The van der Waals surface area contributed by atoms with Gasteiger partial charge in [0, 0.05) is 12.8 Å². The first kappa shape index (κ1) is 14.9. The second kappa shape index (κ2) is 9.15. The molecule has 0 aromatic carbocycles. The topological polar surface area (TPSA) is 61.4 Å². The van der Waals surface area contributed by atoms with Crippen molar-refractivity contribution in [1.82, 2.24) is 15.8 Å². The molecule has 0 unspecified atom stereocenters. The molecule has 0 aliphatic rings. The third kappa shape index (κ3) is 9.45. The lowest BCUT2D eigenvalue weighted by atomic mass is 10.2. The fourth-order valence-corrected chi connectivity index (χ4v) is 1.16. The molecule has 0 heterocycles. The highest BCUT2D eigenvalue weighted by Gasteiger charge is 2.03. The lowest BCUT2D eigenvalue weighted by Gasteiger charge is -2.09. The van der Waals surface area contributed by atoms with Crippen LogP contribution in [0, 0.1) is 0 Å². The second-order valence-corrected chi connectivity index (χ2v) is 4.11. The molecule has 0 radical (unpaired) electrons. The van der Waals surface area contributed by atoms with Gasteiger partial charge in [-0.25, -0.2) is 0 Å². The number of unbranched alkanes of at least 4 members (excludes halogenated alkanes) is 1. The third-order valence-corrected chi connectivity index (χ3v) is 2.11. The van der Waals surface area contributed by atoms with Crippen molar-refractivity contribution in [1.29, 1.82) is 0 Å². The molecule has 5 nitrogen and oxygen atoms in total. The van der Waals surface area contributed by atoms with Gasteiger partial charge in [0.05, 0.1) is 0 Å². The molecule has 0 aromatic heterocycles. The lowest BCUT2D eigenvalue weighted by molar-refractivity contribution is -0.129. The summed E-state index contributed by atoms with van der Waals surface area (Å²) in [7, 11) is 3.93. The van der Waals surface area contributed by atoms with Crippen molar-refractivity contribution in [3.8, 4) is 0 Å². The van der Waals surface area contributed by atoms with Crippen LogP contribution in [-0.4, -0.2) is 37.4 Å². The number of carbonyl (C=O) groups excluding carboxylic acids is 2. The van der Waals surface area contributed by atoms with E-state index in [4.69, 9.17) is 0 Å². The number of amides is 2. The predicted octanol–water partition coefficient (Wildman–Crippen LogP) is 0.666. The van der Waals surface area contributed by atoms with Crippen LogP contribution in [0.4, 0.5) is 0 Å². The molecule has 16 heavy (non-hydrogen) atoms. The zero-order valence-electron chi connectivity index (χ0n) is 10.5. The summed E-state index contributed by atoms with van der Waals surface area (Å²) in [6.45, 7) is 2.89. The van der Waals surface area contributed by atoms with Gasteiger partial charge in [0.1, 0.15) is 0 Å². The predicted molar refractivity (Wildman–Crippen MR) is 63.6 cm³/mol. The Hall–Kier alpha value is -1.10. The first-order chi connectivity index (χ1) is 7.56. The van der Waals surface area contributed by atoms with Crippen molar-refractivity contribution < 1.29 is 9.59 Å². The van der Waals surface area contributed by atoms with Crippen molar-refractivity contribution >= 4 is 11.8 Å². The molecule has 0 atom stereocenters. The summed E-state index contributed by atoms with van der Waals surface area (Å²) < 4.78 is 0. The summed E-state index contributed by atoms with van der Waals surface area (Å²) in [5.41, 5.74) is 4.81. The normalized spacial score (nSPS) is 10.2. The van der Waals surface area contributed by atoms with E-state index in [0.29, 0.717) is 12.8 Å². The van der Waals surface area contributed by atoms with Gasteiger partial charge < -0.3 is 4.90 Å². The van der Waals surface area contributed by atoms with Gasteiger partial charge in [0.25, 0.3) is 0 Å². The summed E-state index contributed by atoms with van der Waals surface area (Å²) in [4.78, 5) is 24.4. The average molecular weight is 229 g/mol. The third-order valence-electron chi connectivity index (χ3n) is 2.11. The number of hydrazine groups is 1. The van der Waals surface area contributed by atoms with Crippen LogP contribution >= 0.6 is 0 Å². The van der Waals surface area contributed by atoms with Gasteiger partial charge in [-0.15, -0.1) is 0 Å². The summed E-state index contributed by atoms with van der Waals surface area (Å²) in [5.74, 6) is -0.255.